The minimum atomic E-state index is -0.553. The standard InChI is InChI=1S/C16H24N4O4/c1-15(2,3)24-14(21)18-8-9-19(16(4,5)11-18)12-6-7-17-10-13(12)20(22)23/h6-7,10H,8-9,11H2,1-5H3. The molecule has 0 radical (unpaired) electrons. The molecular formula is C16H24N4O4. The number of anilines is 1. The molecule has 24 heavy (non-hydrogen) atoms. The highest BCUT2D eigenvalue weighted by molar-refractivity contribution is 5.70. The van der Waals surface area contributed by atoms with Crippen LogP contribution in [0, 0.1) is 10.1 Å². The summed E-state index contributed by atoms with van der Waals surface area (Å²) in [6, 6.07) is 1.64. The van der Waals surface area contributed by atoms with Gasteiger partial charge in [0.05, 0.1) is 10.5 Å². The normalized spacial score (nSPS) is 17.5. The third kappa shape index (κ3) is 3.93. The number of rotatable bonds is 2. The van der Waals surface area contributed by atoms with E-state index in [4.69, 9.17) is 4.74 Å². The number of carbonyl (C=O) groups excluding carboxylic acids is 1. The Bertz CT molecular complexity index is 639. The number of nitro groups is 1. The first-order chi connectivity index (χ1) is 11.0. The van der Waals surface area contributed by atoms with E-state index in [1.54, 1.807) is 17.2 Å². The van der Waals surface area contributed by atoms with E-state index in [1.807, 2.05) is 39.5 Å². The van der Waals surface area contributed by atoms with Crippen molar-refractivity contribution >= 4 is 17.5 Å². The topological polar surface area (TPSA) is 88.8 Å². The van der Waals surface area contributed by atoms with Crippen molar-refractivity contribution in [3.8, 4) is 0 Å². The van der Waals surface area contributed by atoms with Crippen molar-refractivity contribution in [1.82, 2.24) is 9.88 Å². The fourth-order valence-corrected chi connectivity index (χ4v) is 2.83. The maximum atomic E-state index is 12.3. The average molecular weight is 336 g/mol. The lowest BCUT2D eigenvalue weighted by Crippen LogP contribution is -2.61. The maximum absolute atomic E-state index is 12.3. The third-order valence-corrected chi connectivity index (χ3v) is 3.82. The Labute approximate surface area is 141 Å². The summed E-state index contributed by atoms with van der Waals surface area (Å²) < 4.78 is 5.42. The second-order valence-corrected chi connectivity index (χ2v) is 7.49. The molecule has 1 amide bonds. The molecule has 0 spiro atoms. The monoisotopic (exact) mass is 336 g/mol. The van der Waals surface area contributed by atoms with Crippen LogP contribution in [-0.2, 0) is 4.74 Å². The summed E-state index contributed by atoms with van der Waals surface area (Å²) in [5, 5.41) is 11.3. The van der Waals surface area contributed by atoms with Gasteiger partial charge < -0.3 is 14.5 Å². The lowest BCUT2D eigenvalue weighted by atomic mass is 9.98. The predicted octanol–water partition coefficient (Wildman–Crippen LogP) is 2.83. The molecule has 0 aliphatic carbocycles. The van der Waals surface area contributed by atoms with Crippen LogP contribution in [0.25, 0.3) is 0 Å². The minimum absolute atomic E-state index is 0.0312. The lowest BCUT2D eigenvalue weighted by Gasteiger charge is -2.47. The number of aromatic nitrogens is 1. The van der Waals surface area contributed by atoms with E-state index >= 15 is 0 Å². The highest BCUT2D eigenvalue weighted by Gasteiger charge is 2.39. The Morgan fingerprint density at radius 2 is 2.04 bits per heavy atom. The van der Waals surface area contributed by atoms with Crippen LogP contribution in [0.1, 0.15) is 34.6 Å². The van der Waals surface area contributed by atoms with Gasteiger partial charge in [-0.05, 0) is 40.7 Å². The van der Waals surface area contributed by atoms with Gasteiger partial charge in [-0.1, -0.05) is 0 Å². The largest absolute Gasteiger partial charge is 0.444 e. The molecule has 2 rings (SSSR count). The molecule has 0 saturated carbocycles. The molecular weight excluding hydrogens is 312 g/mol. The summed E-state index contributed by atoms with van der Waals surface area (Å²) >= 11 is 0. The zero-order valence-electron chi connectivity index (χ0n) is 14.8. The fraction of sp³-hybridized carbons (Fsp3) is 0.625. The Balaban J connectivity index is 2.21. The van der Waals surface area contributed by atoms with Crippen molar-refractivity contribution in [3.63, 3.8) is 0 Å². The quantitative estimate of drug-likeness (QED) is 0.609. The highest BCUT2D eigenvalue weighted by atomic mass is 16.6. The number of nitrogens with zero attached hydrogens (tertiary/aromatic N) is 4. The maximum Gasteiger partial charge on any atom is 0.410 e. The number of hydrogen-bond acceptors (Lipinski definition) is 6. The fourth-order valence-electron chi connectivity index (χ4n) is 2.83. The number of amides is 1. The molecule has 132 valence electrons. The molecule has 1 aliphatic heterocycles. The number of ether oxygens (including phenoxy) is 1. The highest BCUT2D eigenvalue weighted by Crippen LogP contribution is 2.34. The molecule has 0 bridgehead atoms. The summed E-state index contributed by atoms with van der Waals surface area (Å²) in [6.07, 6.45) is 2.43. The van der Waals surface area contributed by atoms with Crippen LogP contribution in [0.4, 0.5) is 16.2 Å². The van der Waals surface area contributed by atoms with Crippen molar-refractivity contribution in [2.75, 3.05) is 24.5 Å². The molecule has 8 nitrogen and oxygen atoms in total. The van der Waals surface area contributed by atoms with Gasteiger partial charge in [0.2, 0.25) is 0 Å². The molecule has 1 aromatic rings. The molecule has 1 aromatic heterocycles. The number of pyridine rings is 1. The van der Waals surface area contributed by atoms with Gasteiger partial charge in [0.25, 0.3) is 0 Å². The van der Waals surface area contributed by atoms with Gasteiger partial charge in [0.1, 0.15) is 17.5 Å². The Morgan fingerprint density at radius 1 is 1.38 bits per heavy atom. The molecule has 8 heteroatoms. The van der Waals surface area contributed by atoms with Crippen LogP contribution in [0.2, 0.25) is 0 Å². The van der Waals surface area contributed by atoms with E-state index in [2.05, 4.69) is 4.98 Å². The zero-order valence-corrected chi connectivity index (χ0v) is 14.8. The third-order valence-electron chi connectivity index (χ3n) is 3.82. The van der Waals surface area contributed by atoms with Gasteiger partial charge in [0.15, 0.2) is 0 Å². The first kappa shape index (κ1) is 18.0. The van der Waals surface area contributed by atoms with Gasteiger partial charge in [-0.2, -0.15) is 0 Å². The first-order valence-corrected chi connectivity index (χ1v) is 7.85. The van der Waals surface area contributed by atoms with E-state index in [0.717, 1.165) is 0 Å². The van der Waals surface area contributed by atoms with Crippen molar-refractivity contribution < 1.29 is 14.5 Å². The molecule has 0 atom stereocenters. The molecule has 1 aliphatic rings. The molecule has 0 unspecified atom stereocenters. The summed E-state index contributed by atoms with van der Waals surface area (Å²) in [7, 11) is 0. The smallest absolute Gasteiger partial charge is 0.410 e. The van der Waals surface area contributed by atoms with E-state index in [1.165, 1.54) is 6.20 Å². The molecule has 0 aromatic carbocycles. The van der Waals surface area contributed by atoms with Crippen LogP contribution < -0.4 is 4.90 Å². The number of piperazine rings is 1. The Hall–Kier alpha value is -2.38. The van der Waals surface area contributed by atoms with Gasteiger partial charge in [-0.15, -0.1) is 0 Å². The SMILES string of the molecule is CC(C)(C)OC(=O)N1CCN(c2ccncc2[N+](=O)[O-])C(C)(C)C1. The van der Waals surface area contributed by atoms with Crippen molar-refractivity contribution in [2.24, 2.45) is 0 Å². The van der Waals surface area contributed by atoms with Crippen molar-refractivity contribution in [3.05, 3.63) is 28.6 Å². The van der Waals surface area contributed by atoms with E-state index in [0.29, 0.717) is 25.3 Å². The van der Waals surface area contributed by atoms with Crippen molar-refractivity contribution in [2.45, 2.75) is 45.8 Å². The summed E-state index contributed by atoms with van der Waals surface area (Å²) in [4.78, 5) is 30.6. The minimum Gasteiger partial charge on any atom is -0.444 e. The molecule has 1 fully saturated rings. The summed E-state index contributed by atoms with van der Waals surface area (Å²) in [5.74, 6) is 0. The van der Waals surface area contributed by atoms with E-state index < -0.39 is 16.1 Å². The molecule has 2 heterocycles. The second kappa shape index (κ2) is 6.26. The van der Waals surface area contributed by atoms with Crippen LogP contribution in [0.3, 0.4) is 0 Å². The van der Waals surface area contributed by atoms with E-state index in [9.17, 15) is 14.9 Å². The predicted molar refractivity (Wildman–Crippen MR) is 90.1 cm³/mol. The van der Waals surface area contributed by atoms with Gasteiger partial charge in [-0.3, -0.25) is 15.1 Å². The van der Waals surface area contributed by atoms with Crippen LogP contribution >= 0.6 is 0 Å². The number of hydrogen-bond donors (Lipinski definition) is 0. The second-order valence-electron chi connectivity index (χ2n) is 7.49. The number of carbonyl (C=O) groups is 1. The van der Waals surface area contributed by atoms with Crippen LogP contribution in [0.15, 0.2) is 18.5 Å². The Morgan fingerprint density at radius 3 is 2.58 bits per heavy atom. The summed E-state index contributed by atoms with van der Waals surface area (Å²) in [6.45, 7) is 10.7. The van der Waals surface area contributed by atoms with Gasteiger partial charge in [-0.25, -0.2) is 4.79 Å². The van der Waals surface area contributed by atoms with Crippen molar-refractivity contribution in [1.29, 1.82) is 0 Å². The summed E-state index contributed by atoms with van der Waals surface area (Å²) in [5.41, 5.74) is -0.538. The first-order valence-electron chi connectivity index (χ1n) is 7.85. The average Bonchev–Trinajstić information content (AvgIpc) is 2.44. The van der Waals surface area contributed by atoms with E-state index in [-0.39, 0.29) is 11.8 Å². The molecule has 1 saturated heterocycles. The van der Waals surface area contributed by atoms with Gasteiger partial charge in [0, 0.05) is 25.8 Å². The van der Waals surface area contributed by atoms with Crippen LogP contribution in [-0.4, -0.2) is 51.7 Å². The van der Waals surface area contributed by atoms with Crippen LogP contribution in [0.5, 0.6) is 0 Å². The molecule has 0 N–H and O–H groups in total. The Kier molecular flexibility index (Phi) is 4.68. The lowest BCUT2D eigenvalue weighted by molar-refractivity contribution is -0.384. The zero-order chi connectivity index (χ0) is 18.1. The van der Waals surface area contributed by atoms with Gasteiger partial charge >= 0.3 is 11.8 Å².